The van der Waals surface area contributed by atoms with Gasteiger partial charge in [0.1, 0.15) is 0 Å². The molecule has 0 unspecified atom stereocenters. The summed E-state index contributed by atoms with van der Waals surface area (Å²) < 4.78 is 0. The first-order chi connectivity index (χ1) is 10.1. The monoisotopic (exact) mass is 291 g/mol. The summed E-state index contributed by atoms with van der Waals surface area (Å²) in [6, 6.07) is 1.51. The van der Waals surface area contributed by atoms with Crippen molar-refractivity contribution in [3.8, 4) is 0 Å². The minimum Gasteiger partial charge on any atom is -0.478 e. The van der Waals surface area contributed by atoms with E-state index in [2.05, 4.69) is 10.3 Å². The summed E-state index contributed by atoms with van der Waals surface area (Å²) in [5.41, 5.74) is 0.475. The van der Waals surface area contributed by atoms with Gasteiger partial charge in [-0.3, -0.25) is 4.98 Å². The van der Waals surface area contributed by atoms with Gasteiger partial charge in [0.25, 0.3) is 0 Å². The Morgan fingerprint density at radius 3 is 2.67 bits per heavy atom. The summed E-state index contributed by atoms with van der Waals surface area (Å²) >= 11 is 0. The van der Waals surface area contributed by atoms with Crippen LogP contribution < -0.4 is 5.32 Å². The Hall–Kier alpha value is -2.11. The molecule has 21 heavy (non-hydrogen) atoms. The van der Waals surface area contributed by atoms with Crippen molar-refractivity contribution in [1.82, 2.24) is 9.88 Å². The molecule has 6 nitrogen and oxygen atoms in total. The maximum Gasteiger partial charge on any atom is 0.337 e. The number of amides is 2. The molecule has 1 fully saturated rings. The van der Waals surface area contributed by atoms with Crippen LogP contribution in [0.25, 0.3) is 0 Å². The lowest BCUT2D eigenvalue weighted by Crippen LogP contribution is -2.43. The number of carbonyl (C=O) groups excluding carboxylic acids is 1. The number of hydrogen-bond acceptors (Lipinski definition) is 3. The molecular formula is C15H21N3O3. The van der Waals surface area contributed by atoms with Gasteiger partial charge in [0.05, 0.1) is 17.4 Å². The number of rotatable bonds is 4. The molecule has 0 aromatic carbocycles. The summed E-state index contributed by atoms with van der Waals surface area (Å²) in [7, 11) is 0. The largest absolute Gasteiger partial charge is 0.478 e. The van der Waals surface area contributed by atoms with E-state index in [1.165, 1.54) is 24.9 Å². The van der Waals surface area contributed by atoms with Crippen molar-refractivity contribution in [1.29, 1.82) is 0 Å². The molecule has 1 heterocycles. The van der Waals surface area contributed by atoms with E-state index >= 15 is 0 Å². The fraction of sp³-hybridized carbons (Fsp3) is 0.533. The SMILES string of the molecule is CCN(C(=O)Nc1cncc(C(=O)O)c1)C1CCCCC1. The molecule has 1 aromatic rings. The van der Waals surface area contributed by atoms with Crippen molar-refractivity contribution in [3.05, 3.63) is 24.0 Å². The van der Waals surface area contributed by atoms with E-state index in [9.17, 15) is 9.59 Å². The average Bonchev–Trinajstić information content (AvgIpc) is 2.49. The highest BCUT2D eigenvalue weighted by molar-refractivity contribution is 5.92. The first-order valence-electron chi connectivity index (χ1n) is 7.37. The fourth-order valence-electron chi connectivity index (χ4n) is 2.78. The van der Waals surface area contributed by atoms with Gasteiger partial charge in [-0.15, -0.1) is 0 Å². The number of aromatic carboxylic acids is 1. The molecule has 2 amide bonds. The predicted octanol–water partition coefficient (Wildman–Crippen LogP) is 2.97. The predicted molar refractivity (Wildman–Crippen MR) is 79.5 cm³/mol. The van der Waals surface area contributed by atoms with E-state index in [1.807, 2.05) is 11.8 Å². The first-order valence-corrected chi connectivity index (χ1v) is 7.37. The normalized spacial score (nSPS) is 15.5. The van der Waals surface area contributed by atoms with E-state index < -0.39 is 5.97 Å². The van der Waals surface area contributed by atoms with Gasteiger partial charge in [0.15, 0.2) is 0 Å². The summed E-state index contributed by atoms with van der Waals surface area (Å²) in [6.07, 6.45) is 8.34. The van der Waals surface area contributed by atoms with E-state index in [1.54, 1.807) is 0 Å². The molecule has 1 saturated carbocycles. The molecule has 2 rings (SSSR count). The second-order valence-corrected chi connectivity index (χ2v) is 5.28. The fourth-order valence-corrected chi connectivity index (χ4v) is 2.78. The molecule has 0 radical (unpaired) electrons. The third-order valence-corrected chi connectivity index (χ3v) is 3.85. The van der Waals surface area contributed by atoms with Gasteiger partial charge in [-0.05, 0) is 25.8 Å². The van der Waals surface area contributed by atoms with Gasteiger partial charge in [-0.1, -0.05) is 19.3 Å². The van der Waals surface area contributed by atoms with E-state index in [0.29, 0.717) is 12.2 Å². The summed E-state index contributed by atoms with van der Waals surface area (Å²) in [5, 5.41) is 11.7. The van der Waals surface area contributed by atoms with Crippen LogP contribution in [0.1, 0.15) is 49.4 Å². The Morgan fingerprint density at radius 2 is 2.05 bits per heavy atom. The molecule has 1 aliphatic rings. The number of anilines is 1. The van der Waals surface area contributed by atoms with Crippen LogP contribution in [0.4, 0.5) is 10.5 Å². The van der Waals surface area contributed by atoms with Gasteiger partial charge < -0.3 is 15.3 Å². The number of carboxylic acids is 1. The van der Waals surface area contributed by atoms with Crippen molar-refractivity contribution in [2.45, 2.75) is 45.1 Å². The van der Waals surface area contributed by atoms with Crippen LogP contribution in [0.15, 0.2) is 18.5 Å². The molecule has 1 aromatic heterocycles. The van der Waals surface area contributed by atoms with Crippen LogP contribution >= 0.6 is 0 Å². The zero-order valence-electron chi connectivity index (χ0n) is 12.2. The maximum atomic E-state index is 12.4. The van der Waals surface area contributed by atoms with Crippen molar-refractivity contribution < 1.29 is 14.7 Å². The van der Waals surface area contributed by atoms with Crippen molar-refractivity contribution in [3.63, 3.8) is 0 Å². The Morgan fingerprint density at radius 1 is 1.33 bits per heavy atom. The number of carboxylic acid groups (broad SMARTS) is 1. The third kappa shape index (κ3) is 3.93. The highest BCUT2D eigenvalue weighted by Gasteiger charge is 2.24. The number of hydrogen-bond donors (Lipinski definition) is 2. The topological polar surface area (TPSA) is 82.5 Å². The smallest absolute Gasteiger partial charge is 0.337 e. The first kappa shape index (κ1) is 15.3. The van der Waals surface area contributed by atoms with Crippen LogP contribution in [0.3, 0.4) is 0 Å². The average molecular weight is 291 g/mol. The van der Waals surface area contributed by atoms with Crippen LogP contribution in [0.2, 0.25) is 0 Å². The van der Waals surface area contributed by atoms with Gasteiger partial charge in [-0.25, -0.2) is 9.59 Å². The molecule has 1 aliphatic carbocycles. The molecule has 114 valence electrons. The summed E-state index contributed by atoms with van der Waals surface area (Å²) in [6.45, 7) is 2.60. The lowest BCUT2D eigenvalue weighted by molar-refractivity contribution is 0.0696. The number of pyridine rings is 1. The molecule has 0 bridgehead atoms. The molecule has 0 atom stereocenters. The molecule has 6 heteroatoms. The number of carbonyl (C=O) groups is 2. The van der Waals surface area contributed by atoms with E-state index in [0.717, 1.165) is 25.7 Å². The highest BCUT2D eigenvalue weighted by Crippen LogP contribution is 2.23. The molecule has 0 spiro atoms. The van der Waals surface area contributed by atoms with Crippen molar-refractivity contribution in [2.75, 3.05) is 11.9 Å². The Labute approximate surface area is 124 Å². The summed E-state index contributed by atoms with van der Waals surface area (Å²) in [4.78, 5) is 28.9. The van der Waals surface area contributed by atoms with Crippen LogP contribution in [-0.2, 0) is 0 Å². The van der Waals surface area contributed by atoms with Crippen molar-refractivity contribution in [2.24, 2.45) is 0 Å². The minimum absolute atomic E-state index is 0.0634. The zero-order chi connectivity index (χ0) is 15.2. The Kier molecular flexibility index (Phi) is 5.14. The Balaban J connectivity index is 2.04. The van der Waals surface area contributed by atoms with Gasteiger partial charge in [-0.2, -0.15) is 0 Å². The van der Waals surface area contributed by atoms with E-state index in [-0.39, 0.29) is 17.6 Å². The minimum atomic E-state index is -1.06. The zero-order valence-corrected chi connectivity index (χ0v) is 12.2. The standard InChI is InChI=1S/C15H21N3O3/c1-2-18(13-6-4-3-5-7-13)15(21)17-12-8-11(14(19)20)9-16-10-12/h8-10,13H,2-7H2,1H3,(H,17,21)(H,19,20). The van der Waals surface area contributed by atoms with Crippen molar-refractivity contribution >= 4 is 17.7 Å². The molecule has 2 N–H and O–H groups in total. The molecular weight excluding hydrogens is 270 g/mol. The Bertz CT molecular complexity index is 513. The number of urea groups is 1. The lowest BCUT2D eigenvalue weighted by atomic mass is 9.94. The number of aromatic nitrogens is 1. The maximum absolute atomic E-state index is 12.4. The molecule has 0 aliphatic heterocycles. The number of nitrogens with zero attached hydrogens (tertiary/aromatic N) is 2. The summed E-state index contributed by atoms with van der Waals surface area (Å²) in [5.74, 6) is -1.06. The van der Waals surface area contributed by atoms with Gasteiger partial charge in [0, 0.05) is 18.8 Å². The lowest BCUT2D eigenvalue weighted by Gasteiger charge is -2.33. The second-order valence-electron chi connectivity index (χ2n) is 5.28. The molecule has 0 saturated heterocycles. The third-order valence-electron chi connectivity index (χ3n) is 3.85. The van der Waals surface area contributed by atoms with E-state index in [4.69, 9.17) is 5.11 Å². The van der Waals surface area contributed by atoms with Crippen LogP contribution in [-0.4, -0.2) is 39.6 Å². The number of nitrogens with one attached hydrogen (secondary N) is 1. The second kappa shape index (κ2) is 7.06. The quantitative estimate of drug-likeness (QED) is 0.893. The highest BCUT2D eigenvalue weighted by atomic mass is 16.4. The van der Waals surface area contributed by atoms with Crippen LogP contribution in [0, 0.1) is 0 Å². The van der Waals surface area contributed by atoms with Gasteiger partial charge >= 0.3 is 12.0 Å². The van der Waals surface area contributed by atoms with Crippen LogP contribution in [0.5, 0.6) is 0 Å². The van der Waals surface area contributed by atoms with Gasteiger partial charge in [0.2, 0.25) is 0 Å².